The van der Waals surface area contributed by atoms with E-state index in [1.165, 1.54) is 36.4 Å². The van der Waals surface area contributed by atoms with Crippen LogP contribution in [-0.2, 0) is 21.4 Å². The van der Waals surface area contributed by atoms with Crippen molar-refractivity contribution in [2.24, 2.45) is 0 Å². The maximum atomic E-state index is 13.3. The van der Waals surface area contributed by atoms with Gasteiger partial charge in [0.2, 0.25) is 15.9 Å². The molecule has 1 amide bonds. The molecular formula is C22H19Cl2FN2O3S. The van der Waals surface area contributed by atoms with Crippen LogP contribution in [0.5, 0.6) is 0 Å². The number of nitrogens with one attached hydrogen (secondary N) is 1. The van der Waals surface area contributed by atoms with Gasteiger partial charge < -0.3 is 5.32 Å². The number of halogens is 3. The number of carbonyl (C=O) groups excluding carboxylic acids is 1. The van der Waals surface area contributed by atoms with Gasteiger partial charge in [0.05, 0.1) is 27.2 Å². The second-order valence-electron chi connectivity index (χ2n) is 6.86. The van der Waals surface area contributed by atoms with Gasteiger partial charge in [-0.05, 0) is 48.9 Å². The van der Waals surface area contributed by atoms with Crippen molar-refractivity contribution in [3.05, 3.63) is 93.7 Å². The Morgan fingerprint density at radius 2 is 1.55 bits per heavy atom. The van der Waals surface area contributed by atoms with Crippen molar-refractivity contribution < 1.29 is 17.6 Å². The van der Waals surface area contributed by atoms with Gasteiger partial charge in [-0.1, -0.05) is 59.1 Å². The number of hydrogen-bond acceptors (Lipinski definition) is 3. The standard InChI is InChI=1S/C22H19Cl2FN2O3S/c1-15-5-11-18(12-6-15)31(29,30)27(13-16-7-9-17(25)10-8-16)14-21(28)26-22-19(23)3-2-4-20(22)24/h2-12H,13-14H2,1H3,(H,26,28). The molecule has 0 aliphatic heterocycles. The van der Waals surface area contributed by atoms with Gasteiger partial charge in [0, 0.05) is 6.54 Å². The molecule has 0 aliphatic rings. The van der Waals surface area contributed by atoms with Crippen molar-refractivity contribution in [1.82, 2.24) is 4.31 Å². The third kappa shape index (κ3) is 5.83. The molecule has 162 valence electrons. The maximum absolute atomic E-state index is 13.3. The van der Waals surface area contributed by atoms with Gasteiger partial charge in [0.1, 0.15) is 5.82 Å². The minimum Gasteiger partial charge on any atom is -0.322 e. The van der Waals surface area contributed by atoms with E-state index in [0.29, 0.717) is 5.56 Å². The van der Waals surface area contributed by atoms with Gasteiger partial charge in [-0.2, -0.15) is 4.31 Å². The molecule has 0 unspecified atom stereocenters. The minimum absolute atomic E-state index is 0.0452. The van der Waals surface area contributed by atoms with Crippen LogP contribution in [0.4, 0.5) is 10.1 Å². The van der Waals surface area contributed by atoms with Crippen molar-refractivity contribution in [3.63, 3.8) is 0 Å². The lowest BCUT2D eigenvalue weighted by atomic mass is 10.2. The van der Waals surface area contributed by atoms with Gasteiger partial charge in [-0.3, -0.25) is 4.79 Å². The molecule has 0 aliphatic carbocycles. The summed E-state index contributed by atoms with van der Waals surface area (Å²) in [5.41, 5.74) is 1.63. The van der Waals surface area contributed by atoms with E-state index >= 15 is 0 Å². The van der Waals surface area contributed by atoms with Gasteiger partial charge >= 0.3 is 0 Å². The first kappa shape index (κ1) is 23.2. The second kappa shape index (κ2) is 9.78. The van der Waals surface area contributed by atoms with Gasteiger partial charge in [-0.15, -0.1) is 0 Å². The first-order chi connectivity index (χ1) is 14.7. The van der Waals surface area contributed by atoms with Crippen LogP contribution in [0, 0.1) is 12.7 Å². The Bertz CT molecular complexity index is 1160. The Morgan fingerprint density at radius 1 is 0.968 bits per heavy atom. The quantitative estimate of drug-likeness (QED) is 0.500. The molecule has 9 heteroatoms. The van der Waals surface area contributed by atoms with Gasteiger partial charge in [0.15, 0.2) is 0 Å². The molecule has 3 aromatic carbocycles. The summed E-state index contributed by atoms with van der Waals surface area (Å²) in [4.78, 5) is 12.8. The van der Waals surface area contributed by atoms with E-state index in [-0.39, 0.29) is 27.2 Å². The van der Waals surface area contributed by atoms with Gasteiger partial charge in [0.25, 0.3) is 0 Å². The number of hydrogen-bond donors (Lipinski definition) is 1. The van der Waals surface area contributed by atoms with Crippen LogP contribution >= 0.6 is 23.2 Å². The van der Waals surface area contributed by atoms with Crippen molar-refractivity contribution in [2.75, 3.05) is 11.9 Å². The molecule has 0 radical (unpaired) electrons. The van der Waals surface area contributed by atoms with Crippen molar-refractivity contribution >= 4 is 44.8 Å². The van der Waals surface area contributed by atoms with Crippen molar-refractivity contribution in [3.8, 4) is 0 Å². The van der Waals surface area contributed by atoms with Crippen LogP contribution in [0.15, 0.2) is 71.6 Å². The Balaban J connectivity index is 1.90. The Kier molecular flexibility index (Phi) is 7.33. The summed E-state index contributed by atoms with van der Waals surface area (Å²) in [7, 11) is -4.02. The zero-order valence-electron chi connectivity index (χ0n) is 16.5. The summed E-state index contributed by atoms with van der Waals surface area (Å²) in [5, 5.41) is 3.03. The Morgan fingerprint density at radius 3 is 2.13 bits per heavy atom. The summed E-state index contributed by atoms with van der Waals surface area (Å²) in [5.74, 6) is -1.06. The number of sulfonamides is 1. The van der Waals surface area contributed by atoms with E-state index < -0.39 is 28.3 Å². The molecule has 0 saturated carbocycles. The second-order valence-corrected chi connectivity index (χ2v) is 9.61. The van der Waals surface area contributed by atoms with E-state index in [2.05, 4.69) is 5.32 Å². The zero-order chi connectivity index (χ0) is 22.6. The summed E-state index contributed by atoms with van der Waals surface area (Å²) in [6.07, 6.45) is 0. The van der Waals surface area contributed by atoms with E-state index in [4.69, 9.17) is 23.2 Å². The van der Waals surface area contributed by atoms with Crippen molar-refractivity contribution in [2.45, 2.75) is 18.4 Å². The normalized spacial score (nSPS) is 11.5. The number of aryl methyl sites for hydroxylation is 1. The SMILES string of the molecule is Cc1ccc(S(=O)(=O)N(CC(=O)Nc2c(Cl)cccc2Cl)Cc2ccc(F)cc2)cc1. The van der Waals surface area contributed by atoms with E-state index in [1.54, 1.807) is 30.3 Å². The van der Waals surface area contributed by atoms with Crippen LogP contribution in [0.3, 0.4) is 0 Å². The topological polar surface area (TPSA) is 66.5 Å². The van der Waals surface area contributed by atoms with Gasteiger partial charge in [-0.25, -0.2) is 12.8 Å². The zero-order valence-corrected chi connectivity index (χ0v) is 18.8. The van der Waals surface area contributed by atoms with E-state index in [9.17, 15) is 17.6 Å². The van der Waals surface area contributed by atoms with Crippen LogP contribution in [-0.4, -0.2) is 25.2 Å². The fourth-order valence-electron chi connectivity index (χ4n) is 2.83. The molecule has 0 saturated heterocycles. The predicted octanol–water partition coefficient (Wildman–Crippen LogP) is 5.27. The number of anilines is 1. The first-order valence-corrected chi connectivity index (χ1v) is 11.4. The highest BCUT2D eigenvalue weighted by molar-refractivity contribution is 7.89. The predicted molar refractivity (Wildman–Crippen MR) is 120 cm³/mol. The molecule has 3 rings (SSSR count). The fraction of sp³-hybridized carbons (Fsp3) is 0.136. The molecule has 0 aromatic heterocycles. The van der Waals surface area contributed by atoms with E-state index in [1.807, 2.05) is 6.92 Å². The monoisotopic (exact) mass is 480 g/mol. The molecule has 0 bridgehead atoms. The van der Waals surface area contributed by atoms with Crippen LogP contribution in [0.1, 0.15) is 11.1 Å². The molecular weight excluding hydrogens is 462 g/mol. The average molecular weight is 481 g/mol. The molecule has 3 aromatic rings. The summed E-state index contributed by atoms with van der Waals surface area (Å²) in [6, 6.07) is 16.4. The minimum atomic E-state index is -4.02. The number of nitrogens with zero attached hydrogens (tertiary/aromatic N) is 1. The lowest BCUT2D eigenvalue weighted by molar-refractivity contribution is -0.116. The maximum Gasteiger partial charge on any atom is 0.243 e. The molecule has 0 fully saturated rings. The highest BCUT2D eigenvalue weighted by Gasteiger charge is 2.27. The molecule has 0 atom stereocenters. The van der Waals surface area contributed by atoms with Crippen LogP contribution in [0.25, 0.3) is 0 Å². The lowest BCUT2D eigenvalue weighted by Gasteiger charge is -2.22. The number of carbonyl (C=O) groups is 1. The molecule has 0 heterocycles. The summed E-state index contributed by atoms with van der Waals surface area (Å²) >= 11 is 12.2. The molecule has 31 heavy (non-hydrogen) atoms. The van der Waals surface area contributed by atoms with Crippen molar-refractivity contribution in [1.29, 1.82) is 0 Å². The number of rotatable bonds is 7. The molecule has 0 spiro atoms. The number of benzene rings is 3. The fourth-order valence-corrected chi connectivity index (χ4v) is 4.71. The van der Waals surface area contributed by atoms with Crippen LogP contribution in [0.2, 0.25) is 10.0 Å². The molecule has 1 N–H and O–H groups in total. The molecule has 5 nitrogen and oxygen atoms in total. The largest absolute Gasteiger partial charge is 0.322 e. The van der Waals surface area contributed by atoms with Crippen LogP contribution < -0.4 is 5.32 Å². The summed E-state index contributed by atoms with van der Waals surface area (Å²) < 4.78 is 40.8. The average Bonchev–Trinajstić information content (AvgIpc) is 2.72. The third-order valence-electron chi connectivity index (χ3n) is 4.48. The lowest BCUT2D eigenvalue weighted by Crippen LogP contribution is -2.37. The first-order valence-electron chi connectivity index (χ1n) is 9.22. The Labute approximate surface area is 190 Å². The third-order valence-corrected chi connectivity index (χ3v) is 6.91. The number of amides is 1. The Hall–Kier alpha value is -2.45. The summed E-state index contributed by atoms with van der Waals surface area (Å²) in [6.45, 7) is 1.22. The number of para-hydroxylation sites is 1. The van der Waals surface area contributed by atoms with E-state index in [0.717, 1.165) is 9.87 Å². The highest BCUT2D eigenvalue weighted by atomic mass is 35.5. The highest BCUT2D eigenvalue weighted by Crippen LogP contribution is 2.30. The smallest absolute Gasteiger partial charge is 0.243 e.